The highest BCUT2D eigenvalue weighted by atomic mass is 35.5. The van der Waals surface area contributed by atoms with E-state index in [1.54, 1.807) is 11.3 Å². The maximum absolute atomic E-state index is 12.0. The minimum absolute atomic E-state index is 0.0346. The number of halogens is 1. The zero-order valence-electron chi connectivity index (χ0n) is 12.2. The lowest BCUT2D eigenvalue weighted by Gasteiger charge is -2.18. The molecule has 3 nitrogen and oxygen atoms in total. The minimum atomic E-state index is 0.0346. The van der Waals surface area contributed by atoms with Crippen LogP contribution in [0.5, 0.6) is 0 Å². The van der Waals surface area contributed by atoms with Crippen LogP contribution in [0.1, 0.15) is 23.4 Å². The zero-order chi connectivity index (χ0) is 15.2. The first-order chi connectivity index (χ1) is 10.0. The van der Waals surface area contributed by atoms with Crippen LogP contribution in [-0.2, 0) is 11.3 Å². The van der Waals surface area contributed by atoms with Crippen molar-refractivity contribution in [1.29, 1.82) is 0 Å². The summed E-state index contributed by atoms with van der Waals surface area (Å²) in [6, 6.07) is 11.8. The number of carbonyl (C=O) groups excluding carboxylic acids is 1. The van der Waals surface area contributed by atoms with Crippen molar-refractivity contribution in [2.45, 2.75) is 19.5 Å². The summed E-state index contributed by atoms with van der Waals surface area (Å²) in [5.41, 5.74) is 1.14. The van der Waals surface area contributed by atoms with Crippen LogP contribution in [0.15, 0.2) is 41.8 Å². The Morgan fingerprint density at radius 2 is 2.05 bits per heavy atom. The molecule has 0 bridgehead atoms. The molecule has 1 aromatic carbocycles. The van der Waals surface area contributed by atoms with Crippen LogP contribution in [0.25, 0.3) is 0 Å². The standard InChI is InChI=1S/C16H19ClN2OS/c1-12(15-4-3-9-21-15)18-16(20)11-19(2)10-13-5-7-14(17)8-6-13/h3-9,12H,10-11H2,1-2H3,(H,18,20)/t12-/m1/s1. The smallest absolute Gasteiger partial charge is 0.234 e. The molecule has 0 unspecified atom stereocenters. The van der Waals surface area contributed by atoms with E-state index in [0.717, 1.165) is 17.1 Å². The van der Waals surface area contributed by atoms with Crippen molar-refractivity contribution in [3.8, 4) is 0 Å². The van der Waals surface area contributed by atoms with E-state index in [9.17, 15) is 4.79 Å². The number of nitrogens with zero attached hydrogens (tertiary/aromatic N) is 1. The lowest BCUT2D eigenvalue weighted by molar-refractivity contribution is -0.122. The molecule has 0 saturated heterocycles. The van der Waals surface area contributed by atoms with Gasteiger partial charge in [-0.25, -0.2) is 0 Å². The number of carbonyl (C=O) groups is 1. The molecular formula is C16H19ClN2OS. The van der Waals surface area contributed by atoms with E-state index in [1.807, 2.05) is 60.6 Å². The van der Waals surface area contributed by atoms with Crippen molar-refractivity contribution < 1.29 is 4.79 Å². The van der Waals surface area contributed by atoms with Crippen LogP contribution in [0.4, 0.5) is 0 Å². The number of thiophene rings is 1. The summed E-state index contributed by atoms with van der Waals surface area (Å²) in [4.78, 5) is 15.2. The number of likely N-dealkylation sites (N-methyl/N-ethyl adjacent to an activating group) is 1. The largest absolute Gasteiger partial charge is 0.348 e. The molecule has 0 aliphatic heterocycles. The normalized spacial score (nSPS) is 12.4. The fraction of sp³-hybridized carbons (Fsp3) is 0.312. The molecular weight excluding hydrogens is 304 g/mol. The van der Waals surface area contributed by atoms with Crippen molar-refractivity contribution in [2.24, 2.45) is 0 Å². The van der Waals surface area contributed by atoms with Crippen LogP contribution in [0.2, 0.25) is 5.02 Å². The quantitative estimate of drug-likeness (QED) is 0.879. The first kappa shape index (κ1) is 16.0. The lowest BCUT2D eigenvalue weighted by atomic mass is 10.2. The van der Waals surface area contributed by atoms with Gasteiger partial charge >= 0.3 is 0 Å². The number of hydrogen-bond donors (Lipinski definition) is 1. The minimum Gasteiger partial charge on any atom is -0.348 e. The third-order valence-electron chi connectivity index (χ3n) is 3.13. The molecule has 112 valence electrons. The van der Waals surface area contributed by atoms with E-state index in [0.29, 0.717) is 6.54 Å². The Morgan fingerprint density at radius 1 is 1.33 bits per heavy atom. The van der Waals surface area contributed by atoms with Gasteiger partial charge in [-0.15, -0.1) is 11.3 Å². The summed E-state index contributed by atoms with van der Waals surface area (Å²) in [5.74, 6) is 0.0346. The van der Waals surface area contributed by atoms with Gasteiger partial charge in [-0.1, -0.05) is 29.8 Å². The Bertz CT molecular complexity index is 568. The molecule has 1 heterocycles. The van der Waals surface area contributed by atoms with Crippen molar-refractivity contribution in [3.63, 3.8) is 0 Å². The van der Waals surface area contributed by atoms with Crippen LogP contribution in [0, 0.1) is 0 Å². The van der Waals surface area contributed by atoms with Gasteiger partial charge in [-0.3, -0.25) is 9.69 Å². The molecule has 0 radical (unpaired) electrons. The Balaban J connectivity index is 1.80. The highest BCUT2D eigenvalue weighted by molar-refractivity contribution is 7.10. The monoisotopic (exact) mass is 322 g/mol. The summed E-state index contributed by atoms with van der Waals surface area (Å²) in [6.07, 6.45) is 0. The molecule has 5 heteroatoms. The molecule has 2 aromatic rings. The molecule has 0 fully saturated rings. The van der Waals surface area contributed by atoms with Gasteiger partial charge in [0.2, 0.25) is 5.91 Å². The lowest BCUT2D eigenvalue weighted by Crippen LogP contribution is -2.36. The van der Waals surface area contributed by atoms with Gasteiger partial charge in [0.05, 0.1) is 12.6 Å². The summed E-state index contributed by atoms with van der Waals surface area (Å²) >= 11 is 7.52. The van der Waals surface area contributed by atoms with Crippen molar-refractivity contribution >= 4 is 28.8 Å². The Kier molecular flexibility index (Phi) is 5.79. The van der Waals surface area contributed by atoms with Crippen molar-refractivity contribution in [1.82, 2.24) is 10.2 Å². The van der Waals surface area contributed by atoms with Gasteiger partial charge in [0.1, 0.15) is 0 Å². The number of nitrogens with one attached hydrogen (secondary N) is 1. The van der Waals surface area contributed by atoms with Gasteiger partial charge in [0.25, 0.3) is 0 Å². The molecule has 2 rings (SSSR count). The van der Waals surface area contributed by atoms with E-state index in [2.05, 4.69) is 5.32 Å². The highest BCUT2D eigenvalue weighted by Crippen LogP contribution is 2.18. The third-order valence-corrected chi connectivity index (χ3v) is 4.43. The second kappa shape index (κ2) is 7.59. The van der Waals surface area contributed by atoms with Crippen LogP contribution < -0.4 is 5.32 Å². The van der Waals surface area contributed by atoms with Gasteiger partial charge in [0.15, 0.2) is 0 Å². The molecule has 1 aromatic heterocycles. The third kappa shape index (κ3) is 5.16. The fourth-order valence-electron chi connectivity index (χ4n) is 2.10. The first-order valence-electron chi connectivity index (χ1n) is 6.80. The molecule has 1 amide bonds. The summed E-state index contributed by atoms with van der Waals surface area (Å²) in [7, 11) is 1.93. The molecule has 0 aliphatic rings. The fourth-order valence-corrected chi connectivity index (χ4v) is 2.96. The summed E-state index contributed by atoms with van der Waals surface area (Å²) in [6.45, 7) is 3.10. The number of benzene rings is 1. The molecule has 1 N–H and O–H groups in total. The zero-order valence-corrected chi connectivity index (χ0v) is 13.7. The first-order valence-corrected chi connectivity index (χ1v) is 8.06. The highest BCUT2D eigenvalue weighted by Gasteiger charge is 2.12. The molecule has 0 saturated carbocycles. The average molecular weight is 323 g/mol. The SMILES string of the molecule is C[C@@H](NC(=O)CN(C)Cc1ccc(Cl)cc1)c1cccs1. The van der Waals surface area contributed by atoms with Gasteiger partial charge < -0.3 is 5.32 Å². The number of rotatable bonds is 6. The molecule has 0 aliphatic carbocycles. The molecule has 1 atom stereocenters. The maximum Gasteiger partial charge on any atom is 0.234 e. The van der Waals surface area contributed by atoms with Gasteiger partial charge in [-0.05, 0) is 43.1 Å². The van der Waals surface area contributed by atoms with E-state index < -0.39 is 0 Å². The van der Waals surface area contributed by atoms with Crippen LogP contribution in [-0.4, -0.2) is 24.4 Å². The van der Waals surface area contributed by atoms with Crippen LogP contribution >= 0.6 is 22.9 Å². The van der Waals surface area contributed by atoms with Gasteiger partial charge in [-0.2, -0.15) is 0 Å². The van der Waals surface area contributed by atoms with Crippen LogP contribution in [0.3, 0.4) is 0 Å². The second-order valence-corrected chi connectivity index (χ2v) is 6.52. The van der Waals surface area contributed by atoms with E-state index >= 15 is 0 Å². The topological polar surface area (TPSA) is 32.3 Å². The predicted molar refractivity (Wildman–Crippen MR) is 88.7 cm³/mol. The maximum atomic E-state index is 12.0. The van der Waals surface area contributed by atoms with E-state index in [4.69, 9.17) is 11.6 Å². The number of amides is 1. The Hall–Kier alpha value is -1.36. The summed E-state index contributed by atoms with van der Waals surface area (Å²) in [5, 5.41) is 5.76. The van der Waals surface area contributed by atoms with E-state index in [-0.39, 0.29) is 11.9 Å². The van der Waals surface area contributed by atoms with E-state index in [1.165, 1.54) is 4.88 Å². The predicted octanol–water partition coefficient (Wildman–Crippen LogP) is 3.71. The summed E-state index contributed by atoms with van der Waals surface area (Å²) < 4.78 is 0. The van der Waals surface area contributed by atoms with Gasteiger partial charge in [0, 0.05) is 16.4 Å². The molecule has 0 spiro atoms. The Morgan fingerprint density at radius 3 is 2.67 bits per heavy atom. The van der Waals surface area contributed by atoms with Crippen molar-refractivity contribution in [3.05, 3.63) is 57.2 Å². The molecule has 21 heavy (non-hydrogen) atoms. The Labute approximate surface area is 134 Å². The second-order valence-electron chi connectivity index (χ2n) is 5.10. The number of hydrogen-bond acceptors (Lipinski definition) is 3. The van der Waals surface area contributed by atoms with Crippen molar-refractivity contribution in [2.75, 3.05) is 13.6 Å². The average Bonchev–Trinajstić information content (AvgIpc) is 2.95.